The summed E-state index contributed by atoms with van der Waals surface area (Å²) in [5.74, 6) is 0.625. The summed E-state index contributed by atoms with van der Waals surface area (Å²) in [7, 11) is 1.35. The molecule has 0 aliphatic heterocycles. The van der Waals surface area contributed by atoms with Crippen LogP contribution in [0.2, 0.25) is 0 Å². The topological polar surface area (TPSA) is 109 Å². The molecule has 3 N–H and O–H groups in total. The highest BCUT2D eigenvalue weighted by atomic mass is 16.5. The van der Waals surface area contributed by atoms with Gasteiger partial charge in [0.05, 0.1) is 24.1 Å². The number of esters is 1. The SMILES string of the molecule is COC(=O)c1ccc(Nc2cc(-c3ccccn3)nc(NCCCO)n2)cc1. The van der Waals surface area contributed by atoms with Crippen LogP contribution in [0, 0.1) is 0 Å². The second kappa shape index (κ2) is 9.43. The molecule has 8 nitrogen and oxygen atoms in total. The fraction of sp³-hybridized carbons (Fsp3) is 0.200. The fourth-order valence-electron chi connectivity index (χ4n) is 2.47. The third kappa shape index (κ3) is 5.01. The molecule has 144 valence electrons. The largest absolute Gasteiger partial charge is 0.465 e. The lowest BCUT2D eigenvalue weighted by molar-refractivity contribution is 0.0601. The number of carbonyl (C=O) groups excluding carboxylic acids is 1. The van der Waals surface area contributed by atoms with Gasteiger partial charge in [-0.1, -0.05) is 6.07 Å². The van der Waals surface area contributed by atoms with Gasteiger partial charge in [0.25, 0.3) is 0 Å². The van der Waals surface area contributed by atoms with E-state index in [-0.39, 0.29) is 12.6 Å². The number of aromatic nitrogens is 3. The number of nitrogens with zero attached hydrogens (tertiary/aromatic N) is 3. The predicted octanol–water partition coefficient (Wildman–Crippen LogP) is 2.86. The molecule has 0 unspecified atom stereocenters. The van der Waals surface area contributed by atoms with Crippen LogP contribution < -0.4 is 10.6 Å². The zero-order chi connectivity index (χ0) is 19.8. The van der Waals surface area contributed by atoms with Gasteiger partial charge in [0.2, 0.25) is 5.95 Å². The maximum absolute atomic E-state index is 11.6. The number of rotatable bonds is 8. The Bertz CT molecular complexity index is 917. The molecule has 3 rings (SSSR count). The molecule has 0 atom stereocenters. The highest BCUT2D eigenvalue weighted by Gasteiger charge is 2.09. The lowest BCUT2D eigenvalue weighted by Crippen LogP contribution is -2.09. The Morgan fingerprint density at radius 1 is 1.11 bits per heavy atom. The van der Waals surface area contributed by atoms with E-state index in [0.717, 1.165) is 11.4 Å². The lowest BCUT2D eigenvalue weighted by atomic mass is 10.2. The predicted molar refractivity (Wildman–Crippen MR) is 107 cm³/mol. The van der Waals surface area contributed by atoms with Crippen LogP contribution in [0.1, 0.15) is 16.8 Å². The van der Waals surface area contributed by atoms with E-state index in [2.05, 4.69) is 25.6 Å². The van der Waals surface area contributed by atoms with Gasteiger partial charge in [-0.3, -0.25) is 4.98 Å². The number of anilines is 3. The molecule has 0 saturated heterocycles. The molecule has 0 aliphatic rings. The van der Waals surface area contributed by atoms with E-state index in [9.17, 15) is 4.79 Å². The van der Waals surface area contributed by atoms with Crippen molar-refractivity contribution in [3.05, 3.63) is 60.3 Å². The summed E-state index contributed by atoms with van der Waals surface area (Å²) < 4.78 is 4.71. The summed E-state index contributed by atoms with van der Waals surface area (Å²) in [4.78, 5) is 24.9. The van der Waals surface area contributed by atoms with Gasteiger partial charge < -0.3 is 20.5 Å². The van der Waals surface area contributed by atoms with Gasteiger partial charge in [-0.15, -0.1) is 0 Å². The number of aliphatic hydroxyl groups excluding tert-OH is 1. The van der Waals surface area contributed by atoms with Crippen molar-refractivity contribution in [1.82, 2.24) is 15.0 Å². The lowest BCUT2D eigenvalue weighted by Gasteiger charge is -2.11. The van der Waals surface area contributed by atoms with Crippen LogP contribution in [0.4, 0.5) is 17.5 Å². The third-order valence-corrected chi connectivity index (χ3v) is 3.85. The van der Waals surface area contributed by atoms with E-state index >= 15 is 0 Å². The van der Waals surface area contributed by atoms with Crippen LogP contribution in [-0.4, -0.2) is 46.3 Å². The normalized spacial score (nSPS) is 10.4. The van der Waals surface area contributed by atoms with E-state index in [0.29, 0.717) is 36.0 Å². The number of hydrogen-bond acceptors (Lipinski definition) is 8. The zero-order valence-corrected chi connectivity index (χ0v) is 15.4. The van der Waals surface area contributed by atoms with Crippen molar-refractivity contribution >= 4 is 23.4 Å². The fourth-order valence-corrected chi connectivity index (χ4v) is 2.47. The average Bonchev–Trinajstić information content (AvgIpc) is 2.74. The molecule has 3 aromatic rings. The molecule has 0 amide bonds. The minimum atomic E-state index is -0.388. The number of pyridine rings is 1. The molecule has 0 fully saturated rings. The van der Waals surface area contributed by atoms with Gasteiger partial charge in [-0.2, -0.15) is 4.98 Å². The second-order valence-corrected chi connectivity index (χ2v) is 5.87. The van der Waals surface area contributed by atoms with Gasteiger partial charge in [0, 0.05) is 31.1 Å². The highest BCUT2D eigenvalue weighted by molar-refractivity contribution is 5.89. The Balaban J connectivity index is 1.86. The molecule has 0 bridgehead atoms. The Morgan fingerprint density at radius 2 is 1.93 bits per heavy atom. The number of ether oxygens (including phenoxy) is 1. The standard InChI is InChI=1S/C20H21N5O3/c1-28-19(27)14-6-8-15(9-7-14)23-18-13-17(16-5-2-3-10-21-16)24-20(25-18)22-11-4-12-26/h2-3,5-10,13,26H,4,11-12H2,1H3,(H2,22,23,24,25). The summed E-state index contributed by atoms with van der Waals surface area (Å²) in [6.07, 6.45) is 2.30. The second-order valence-electron chi connectivity index (χ2n) is 5.87. The van der Waals surface area contributed by atoms with Gasteiger partial charge in [-0.05, 0) is 42.8 Å². The Morgan fingerprint density at radius 3 is 2.61 bits per heavy atom. The number of methoxy groups -OCH3 is 1. The van der Waals surface area contributed by atoms with E-state index < -0.39 is 0 Å². The molecule has 0 radical (unpaired) electrons. The zero-order valence-electron chi connectivity index (χ0n) is 15.4. The summed E-state index contributed by atoms with van der Waals surface area (Å²) in [5, 5.41) is 15.3. The summed E-state index contributed by atoms with van der Waals surface area (Å²) in [5.41, 5.74) is 2.62. The Hall–Kier alpha value is -3.52. The van der Waals surface area contributed by atoms with Crippen molar-refractivity contribution in [2.24, 2.45) is 0 Å². The molecule has 0 spiro atoms. The van der Waals surface area contributed by atoms with E-state index in [1.807, 2.05) is 18.2 Å². The highest BCUT2D eigenvalue weighted by Crippen LogP contribution is 2.22. The van der Waals surface area contributed by atoms with Crippen molar-refractivity contribution < 1.29 is 14.6 Å². The number of nitrogens with one attached hydrogen (secondary N) is 2. The molecule has 0 saturated carbocycles. The summed E-state index contributed by atoms with van der Waals surface area (Å²) >= 11 is 0. The smallest absolute Gasteiger partial charge is 0.337 e. The van der Waals surface area contributed by atoms with Crippen molar-refractivity contribution in [3.8, 4) is 11.4 Å². The number of benzene rings is 1. The molecular formula is C20H21N5O3. The van der Waals surface area contributed by atoms with Gasteiger partial charge in [0.1, 0.15) is 5.82 Å². The van der Waals surface area contributed by atoms with Gasteiger partial charge in [0.15, 0.2) is 0 Å². The summed E-state index contributed by atoms with van der Waals surface area (Å²) in [6, 6.07) is 14.3. The molecule has 2 aromatic heterocycles. The Kier molecular flexibility index (Phi) is 6.48. The van der Waals surface area contributed by atoms with Gasteiger partial charge in [-0.25, -0.2) is 9.78 Å². The molecule has 0 aliphatic carbocycles. The van der Waals surface area contributed by atoms with Crippen molar-refractivity contribution in [3.63, 3.8) is 0 Å². The van der Waals surface area contributed by atoms with Crippen molar-refractivity contribution in [2.75, 3.05) is 30.9 Å². The van der Waals surface area contributed by atoms with E-state index in [1.54, 1.807) is 36.5 Å². The van der Waals surface area contributed by atoms with Gasteiger partial charge >= 0.3 is 5.97 Å². The summed E-state index contributed by atoms with van der Waals surface area (Å²) in [6.45, 7) is 0.639. The first-order valence-corrected chi connectivity index (χ1v) is 8.80. The first-order chi connectivity index (χ1) is 13.7. The van der Waals surface area contributed by atoms with Crippen molar-refractivity contribution in [1.29, 1.82) is 0 Å². The maximum Gasteiger partial charge on any atom is 0.337 e. The first kappa shape index (κ1) is 19.2. The van der Waals surface area contributed by atoms with Crippen LogP contribution in [0.25, 0.3) is 11.4 Å². The first-order valence-electron chi connectivity index (χ1n) is 8.80. The molecule has 2 heterocycles. The van der Waals surface area contributed by atoms with Crippen LogP contribution >= 0.6 is 0 Å². The number of hydrogen-bond donors (Lipinski definition) is 3. The number of aliphatic hydroxyl groups is 1. The average molecular weight is 379 g/mol. The molecule has 8 heteroatoms. The maximum atomic E-state index is 11.6. The molecular weight excluding hydrogens is 358 g/mol. The van der Waals surface area contributed by atoms with Crippen LogP contribution in [0.3, 0.4) is 0 Å². The monoisotopic (exact) mass is 379 g/mol. The number of carbonyl (C=O) groups is 1. The van der Waals surface area contributed by atoms with E-state index in [4.69, 9.17) is 9.84 Å². The van der Waals surface area contributed by atoms with Crippen LogP contribution in [0.5, 0.6) is 0 Å². The van der Waals surface area contributed by atoms with E-state index in [1.165, 1.54) is 7.11 Å². The Labute approximate surface area is 162 Å². The molecule has 1 aromatic carbocycles. The third-order valence-electron chi connectivity index (χ3n) is 3.85. The quantitative estimate of drug-likeness (QED) is 0.405. The van der Waals surface area contributed by atoms with Crippen molar-refractivity contribution in [2.45, 2.75) is 6.42 Å². The van der Waals surface area contributed by atoms with Crippen LogP contribution in [-0.2, 0) is 4.74 Å². The van der Waals surface area contributed by atoms with Crippen LogP contribution in [0.15, 0.2) is 54.7 Å². The minimum absolute atomic E-state index is 0.0879. The molecule has 28 heavy (non-hydrogen) atoms. The minimum Gasteiger partial charge on any atom is -0.465 e.